The van der Waals surface area contributed by atoms with E-state index < -0.39 is 0 Å². The van der Waals surface area contributed by atoms with Gasteiger partial charge in [0, 0.05) is 11.4 Å². The fraction of sp³-hybridized carbons (Fsp3) is 0.316. The molecule has 0 unspecified atom stereocenters. The molecular formula is C19H23ClN2O. The second kappa shape index (κ2) is 10.0. The molecule has 0 bridgehead atoms. The van der Waals surface area contributed by atoms with E-state index in [0.717, 1.165) is 12.1 Å². The standard InChI is InChI=1S/C13H17ClN2O.C6H6/c14-11-6-3-7-12(9-11)15-13(16-17)8-10-4-1-2-5-10;1-2-4-6-5-3-1/h3,6-7,9-10,17H,1-2,4-5,8H2,(H,15,16);1-6H. The zero-order valence-electron chi connectivity index (χ0n) is 13.2. The largest absolute Gasteiger partial charge is 0.290 e. The molecule has 0 atom stereocenters. The van der Waals surface area contributed by atoms with Gasteiger partial charge in [-0.05, 0) is 24.1 Å². The summed E-state index contributed by atoms with van der Waals surface area (Å²) in [5, 5.41) is 9.76. The van der Waals surface area contributed by atoms with E-state index in [2.05, 4.69) is 10.5 Å². The average Bonchev–Trinajstić information content (AvgIpc) is 3.09. The number of hydrogen-bond donors (Lipinski definition) is 2. The Hall–Kier alpha value is -1.84. The summed E-state index contributed by atoms with van der Waals surface area (Å²) in [6.45, 7) is 0. The number of aliphatic imine (C=N–C) groups is 1. The average molecular weight is 331 g/mol. The van der Waals surface area contributed by atoms with Crippen LogP contribution in [0.3, 0.4) is 0 Å². The van der Waals surface area contributed by atoms with E-state index in [1.54, 1.807) is 6.07 Å². The van der Waals surface area contributed by atoms with E-state index in [1.807, 2.05) is 54.6 Å². The molecule has 0 aliphatic heterocycles. The van der Waals surface area contributed by atoms with E-state index >= 15 is 0 Å². The van der Waals surface area contributed by atoms with Gasteiger partial charge in [0.15, 0.2) is 0 Å². The summed E-state index contributed by atoms with van der Waals surface area (Å²) < 4.78 is 0. The Kier molecular flexibility index (Phi) is 7.64. The smallest absolute Gasteiger partial charge is 0.126 e. The number of hydrogen-bond acceptors (Lipinski definition) is 2. The Morgan fingerprint density at radius 1 is 1.04 bits per heavy atom. The van der Waals surface area contributed by atoms with Gasteiger partial charge in [0.05, 0.1) is 5.69 Å². The van der Waals surface area contributed by atoms with Crippen LogP contribution < -0.4 is 5.48 Å². The molecular weight excluding hydrogens is 308 g/mol. The molecule has 1 fully saturated rings. The normalized spacial score (nSPS) is 15.0. The number of rotatable bonds is 3. The van der Waals surface area contributed by atoms with Crippen LogP contribution in [0.15, 0.2) is 65.7 Å². The first kappa shape index (κ1) is 17.5. The molecule has 0 heterocycles. The van der Waals surface area contributed by atoms with E-state index in [0.29, 0.717) is 16.8 Å². The van der Waals surface area contributed by atoms with E-state index in [-0.39, 0.29) is 0 Å². The summed E-state index contributed by atoms with van der Waals surface area (Å²) in [5.41, 5.74) is 2.97. The summed E-state index contributed by atoms with van der Waals surface area (Å²) in [7, 11) is 0. The highest BCUT2D eigenvalue weighted by molar-refractivity contribution is 6.30. The first-order valence-electron chi connectivity index (χ1n) is 8.01. The fourth-order valence-corrected chi connectivity index (χ4v) is 2.88. The molecule has 4 heteroatoms. The van der Waals surface area contributed by atoms with Crippen LogP contribution in [0.1, 0.15) is 32.1 Å². The lowest BCUT2D eigenvalue weighted by atomic mass is 10.0. The minimum Gasteiger partial charge on any atom is -0.290 e. The first-order valence-corrected chi connectivity index (χ1v) is 8.39. The van der Waals surface area contributed by atoms with Crippen molar-refractivity contribution in [2.24, 2.45) is 10.9 Å². The van der Waals surface area contributed by atoms with Crippen LogP contribution in [0.2, 0.25) is 5.02 Å². The molecule has 1 aliphatic rings. The van der Waals surface area contributed by atoms with Crippen molar-refractivity contribution in [3.63, 3.8) is 0 Å². The first-order chi connectivity index (χ1) is 11.3. The third-order valence-corrected chi connectivity index (χ3v) is 4.06. The van der Waals surface area contributed by atoms with Gasteiger partial charge in [-0.2, -0.15) is 0 Å². The summed E-state index contributed by atoms with van der Waals surface area (Å²) in [6.07, 6.45) is 5.86. The predicted octanol–water partition coefficient (Wildman–Crippen LogP) is 5.62. The maximum atomic E-state index is 9.10. The highest BCUT2D eigenvalue weighted by atomic mass is 35.5. The second-order valence-electron chi connectivity index (χ2n) is 5.66. The number of amidine groups is 1. The van der Waals surface area contributed by atoms with Crippen LogP contribution in [0.25, 0.3) is 0 Å². The lowest BCUT2D eigenvalue weighted by Gasteiger charge is -2.10. The third kappa shape index (κ3) is 6.85. The SMILES string of the molecule is ONC(CC1CCCC1)=Nc1cccc(Cl)c1.c1ccccc1. The van der Waals surface area contributed by atoms with Gasteiger partial charge in [-0.25, -0.2) is 4.99 Å². The van der Waals surface area contributed by atoms with E-state index in [1.165, 1.54) is 25.7 Å². The molecule has 2 aromatic rings. The van der Waals surface area contributed by atoms with Gasteiger partial charge in [0.2, 0.25) is 0 Å². The van der Waals surface area contributed by atoms with E-state index in [9.17, 15) is 0 Å². The summed E-state index contributed by atoms with van der Waals surface area (Å²) in [6, 6.07) is 19.3. The summed E-state index contributed by atoms with van der Waals surface area (Å²) in [5.74, 6) is 1.27. The maximum absolute atomic E-state index is 9.10. The van der Waals surface area contributed by atoms with Crippen LogP contribution in [-0.2, 0) is 0 Å². The van der Waals surface area contributed by atoms with Crippen molar-refractivity contribution in [2.45, 2.75) is 32.1 Å². The van der Waals surface area contributed by atoms with Crippen molar-refractivity contribution in [2.75, 3.05) is 0 Å². The highest BCUT2D eigenvalue weighted by Crippen LogP contribution is 2.28. The number of benzene rings is 2. The van der Waals surface area contributed by atoms with Crippen LogP contribution >= 0.6 is 11.6 Å². The Morgan fingerprint density at radius 2 is 1.65 bits per heavy atom. The Morgan fingerprint density at radius 3 is 2.17 bits per heavy atom. The lowest BCUT2D eigenvalue weighted by Crippen LogP contribution is -2.21. The van der Waals surface area contributed by atoms with Crippen molar-refractivity contribution in [1.29, 1.82) is 0 Å². The maximum Gasteiger partial charge on any atom is 0.126 e. The van der Waals surface area contributed by atoms with Crippen molar-refractivity contribution >= 4 is 23.1 Å². The van der Waals surface area contributed by atoms with E-state index in [4.69, 9.17) is 16.8 Å². The zero-order chi connectivity index (χ0) is 16.3. The van der Waals surface area contributed by atoms with Gasteiger partial charge in [-0.3, -0.25) is 10.7 Å². The monoisotopic (exact) mass is 330 g/mol. The molecule has 0 saturated heterocycles. The Bertz CT molecular complexity index is 569. The second-order valence-corrected chi connectivity index (χ2v) is 6.10. The molecule has 2 aromatic carbocycles. The van der Waals surface area contributed by atoms with Gasteiger partial charge < -0.3 is 0 Å². The van der Waals surface area contributed by atoms with Crippen LogP contribution in [-0.4, -0.2) is 11.0 Å². The Balaban J connectivity index is 0.000000268. The van der Waals surface area contributed by atoms with Crippen molar-refractivity contribution in [3.8, 4) is 0 Å². The molecule has 0 amide bonds. The van der Waals surface area contributed by atoms with Crippen molar-refractivity contribution in [1.82, 2.24) is 5.48 Å². The zero-order valence-corrected chi connectivity index (χ0v) is 13.9. The lowest BCUT2D eigenvalue weighted by molar-refractivity contribution is 0.229. The summed E-state index contributed by atoms with van der Waals surface area (Å²) in [4.78, 5) is 4.37. The molecule has 0 spiro atoms. The number of halogens is 1. The fourth-order valence-electron chi connectivity index (χ4n) is 2.69. The van der Waals surface area contributed by atoms with Crippen LogP contribution in [0, 0.1) is 5.92 Å². The summed E-state index contributed by atoms with van der Waals surface area (Å²) >= 11 is 5.89. The molecule has 1 saturated carbocycles. The van der Waals surface area contributed by atoms with Gasteiger partial charge in [-0.1, -0.05) is 79.7 Å². The third-order valence-electron chi connectivity index (χ3n) is 3.82. The Labute approximate surface area is 143 Å². The highest BCUT2D eigenvalue weighted by Gasteiger charge is 2.17. The molecule has 0 aromatic heterocycles. The molecule has 2 N–H and O–H groups in total. The molecule has 0 radical (unpaired) electrons. The number of hydroxylamine groups is 1. The molecule has 23 heavy (non-hydrogen) atoms. The van der Waals surface area contributed by atoms with Gasteiger partial charge >= 0.3 is 0 Å². The molecule has 122 valence electrons. The van der Waals surface area contributed by atoms with Gasteiger partial charge in [0.1, 0.15) is 5.84 Å². The molecule has 1 aliphatic carbocycles. The van der Waals surface area contributed by atoms with Gasteiger partial charge in [-0.15, -0.1) is 0 Å². The minimum atomic E-state index is 0.624. The van der Waals surface area contributed by atoms with Crippen LogP contribution in [0.4, 0.5) is 5.69 Å². The molecule has 3 rings (SSSR count). The van der Waals surface area contributed by atoms with Crippen molar-refractivity contribution in [3.05, 3.63) is 65.7 Å². The minimum absolute atomic E-state index is 0.624. The number of nitrogens with zero attached hydrogens (tertiary/aromatic N) is 1. The topological polar surface area (TPSA) is 44.6 Å². The molecule has 3 nitrogen and oxygen atoms in total. The van der Waals surface area contributed by atoms with Crippen LogP contribution in [0.5, 0.6) is 0 Å². The predicted molar refractivity (Wildman–Crippen MR) is 96.5 cm³/mol. The van der Waals surface area contributed by atoms with Gasteiger partial charge in [0.25, 0.3) is 0 Å². The number of nitrogens with one attached hydrogen (secondary N) is 1. The van der Waals surface area contributed by atoms with Crippen molar-refractivity contribution < 1.29 is 5.21 Å². The quantitative estimate of drug-likeness (QED) is 0.436.